The lowest BCUT2D eigenvalue weighted by Crippen LogP contribution is -2.36. The molecular formula is C15H19ClN2O3. The van der Waals surface area contributed by atoms with Crippen molar-refractivity contribution >= 4 is 23.2 Å². The summed E-state index contributed by atoms with van der Waals surface area (Å²) < 4.78 is 0. The summed E-state index contributed by atoms with van der Waals surface area (Å²) in [4.78, 5) is 24.9. The summed E-state index contributed by atoms with van der Waals surface area (Å²) in [5.41, 5.74) is 1.16. The molecule has 5 nitrogen and oxygen atoms in total. The maximum atomic E-state index is 12.7. The van der Waals surface area contributed by atoms with Crippen molar-refractivity contribution < 1.29 is 9.72 Å². The Morgan fingerprint density at radius 3 is 2.95 bits per heavy atom. The molecule has 1 fully saturated rings. The fourth-order valence-corrected chi connectivity index (χ4v) is 2.98. The first-order chi connectivity index (χ1) is 10.0. The van der Waals surface area contributed by atoms with Gasteiger partial charge in [0.2, 0.25) is 0 Å². The van der Waals surface area contributed by atoms with E-state index in [0.717, 1.165) is 31.2 Å². The Balaban J connectivity index is 2.22. The van der Waals surface area contributed by atoms with Gasteiger partial charge in [-0.15, -0.1) is 11.6 Å². The van der Waals surface area contributed by atoms with Crippen LogP contribution in [0.1, 0.15) is 41.6 Å². The van der Waals surface area contributed by atoms with Crippen molar-refractivity contribution in [2.24, 2.45) is 0 Å². The van der Waals surface area contributed by atoms with E-state index in [0.29, 0.717) is 18.0 Å². The number of non-ortho nitro benzene ring substituents is 1. The first kappa shape index (κ1) is 15.8. The topological polar surface area (TPSA) is 63.5 Å². The van der Waals surface area contributed by atoms with Gasteiger partial charge in [0.25, 0.3) is 11.6 Å². The molecule has 1 aliphatic rings. The van der Waals surface area contributed by atoms with Crippen molar-refractivity contribution in [1.29, 1.82) is 0 Å². The number of carbonyl (C=O) groups is 1. The van der Waals surface area contributed by atoms with Crippen molar-refractivity contribution in [1.82, 2.24) is 4.90 Å². The predicted octanol–water partition coefficient (Wildman–Crippen LogP) is 3.53. The third kappa shape index (κ3) is 3.53. The lowest BCUT2D eigenvalue weighted by Gasteiger charge is -2.25. The van der Waals surface area contributed by atoms with Crippen molar-refractivity contribution in [2.45, 2.75) is 38.6 Å². The van der Waals surface area contributed by atoms with E-state index in [1.54, 1.807) is 13.0 Å². The number of amides is 1. The average molecular weight is 311 g/mol. The highest BCUT2D eigenvalue weighted by atomic mass is 35.5. The number of hydrogen-bond acceptors (Lipinski definition) is 3. The molecule has 1 unspecified atom stereocenters. The number of rotatable bonds is 5. The molecule has 2 rings (SSSR count). The van der Waals surface area contributed by atoms with Crippen LogP contribution in [-0.4, -0.2) is 34.2 Å². The Bertz CT molecular complexity index is 548. The van der Waals surface area contributed by atoms with Gasteiger partial charge in [-0.05, 0) is 38.2 Å². The summed E-state index contributed by atoms with van der Waals surface area (Å²) in [5, 5.41) is 10.9. The number of aryl methyl sites for hydroxylation is 1. The second-order valence-electron chi connectivity index (χ2n) is 5.38. The number of nitrogens with zero attached hydrogens (tertiary/aromatic N) is 2. The fourth-order valence-electron chi connectivity index (χ4n) is 2.82. The zero-order chi connectivity index (χ0) is 15.4. The van der Waals surface area contributed by atoms with Crippen molar-refractivity contribution in [3.8, 4) is 0 Å². The number of nitro groups is 1. The monoisotopic (exact) mass is 310 g/mol. The van der Waals surface area contributed by atoms with E-state index in [-0.39, 0.29) is 17.6 Å². The van der Waals surface area contributed by atoms with Gasteiger partial charge < -0.3 is 4.90 Å². The predicted molar refractivity (Wildman–Crippen MR) is 81.8 cm³/mol. The van der Waals surface area contributed by atoms with Crippen molar-refractivity contribution in [3.05, 3.63) is 39.4 Å². The third-order valence-electron chi connectivity index (χ3n) is 3.97. The van der Waals surface area contributed by atoms with E-state index in [4.69, 9.17) is 11.6 Å². The normalized spacial score (nSPS) is 18.0. The maximum Gasteiger partial charge on any atom is 0.270 e. The Hall–Kier alpha value is -1.62. The molecule has 1 amide bonds. The van der Waals surface area contributed by atoms with Crippen LogP contribution in [0.15, 0.2) is 18.2 Å². The summed E-state index contributed by atoms with van der Waals surface area (Å²) in [5.74, 6) is 0.488. The van der Waals surface area contributed by atoms with Crippen LogP contribution in [0.2, 0.25) is 0 Å². The molecule has 1 saturated heterocycles. The van der Waals surface area contributed by atoms with Gasteiger partial charge in [0.1, 0.15) is 0 Å². The highest BCUT2D eigenvalue weighted by Gasteiger charge is 2.30. The van der Waals surface area contributed by atoms with Crippen LogP contribution in [0.3, 0.4) is 0 Å². The second-order valence-corrected chi connectivity index (χ2v) is 5.76. The minimum Gasteiger partial charge on any atom is -0.336 e. The van der Waals surface area contributed by atoms with E-state index >= 15 is 0 Å². The highest BCUT2D eigenvalue weighted by molar-refractivity contribution is 6.17. The average Bonchev–Trinajstić information content (AvgIpc) is 2.93. The summed E-state index contributed by atoms with van der Waals surface area (Å²) in [6.07, 6.45) is 3.73. The van der Waals surface area contributed by atoms with Gasteiger partial charge in [-0.25, -0.2) is 0 Å². The minimum atomic E-state index is -0.467. The Morgan fingerprint density at radius 1 is 1.52 bits per heavy atom. The molecule has 1 atom stereocenters. The lowest BCUT2D eigenvalue weighted by atomic mass is 10.0. The smallest absolute Gasteiger partial charge is 0.270 e. The Morgan fingerprint density at radius 2 is 2.29 bits per heavy atom. The summed E-state index contributed by atoms with van der Waals surface area (Å²) >= 11 is 5.73. The molecule has 0 bridgehead atoms. The maximum absolute atomic E-state index is 12.7. The molecule has 1 heterocycles. The summed E-state index contributed by atoms with van der Waals surface area (Å²) in [7, 11) is 0. The van der Waals surface area contributed by atoms with Crippen LogP contribution < -0.4 is 0 Å². The molecule has 1 aromatic carbocycles. The van der Waals surface area contributed by atoms with Crippen LogP contribution in [0, 0.1) is 17.0 Å². The summed E-state index contributed by atoms with van der Waals surface area (Å²) in [6, 6.07) is 4.65. The van der Waals surface area contributed by atoms with Gasteiger partial charge in [0.05, 0.1) is 4.92 Å². The molecule has 21 heavy (non-hydrogen) atoms. The van der Waals surface area contributed by atoms with Crippen LogP contribution in [0.4, 0.5) is 5.69 Å². The molecule has 0 spiro atoms. The Kier molecular flexibility index (Phi) is 5.17. The third-order valence-corrected chi connectivity index (χ3v) is 4.24. The van der Waals surface area contributed by atoms with Crippen LogP contribution in [0.5, 0.6) is 0 Å². The summed E-state index contributed by atoms with van der Waals surface area (Å²) in [6.45, 7) is 2.52. The minimum absolute atomic E-state index is 0.0412. The van der Waals surface area contributed by atoms with Gasteiger partial charge in [0.15, 0.2) is 0 Å². The van der Waals surface area contributed by atoms with E-state index in [2.05, 4.69) is 0 Å². The van der Waals surface area contributed by atoms with E-state index < -0.39 is 4.92 Å². The Labute approximate surface area is 129 Å². The fraction of sp³-hybridized carbons (Fsp3) is 0.533. The molecule has 0 aliphatic carbocycles. The van der Waals surface area contributed by atoms with E-state index in [1.165, 1.54) is 12.1 Å². The molecule has 0 N–H and O–H groups in total. The van der Waals surface area contributed by atoms with Crippen molar-refractivity contribution in [2.75, 3.05) is 12.4 Å². The second kappa shape index (κ2) is 6.89. The van der Waals surface area contributed by atoms with Crippen LogP contribution in [0.25, 0.3) is 0 Å². The van der Waals surface area contributed by atoms with E-state index in [1.807, 2.05) is 4.90 Å². The zero-order valence-corrected chi connectivity index (χ0v) is 12.8. The van der Waals surface area contributed by atoms with Crippen LogP contribution in [-0.2, 0) is 0 Å². The number of halogens is 1. The first-order valence-corrected chi connectivity index (χ1v) is 7.70. The lowest BCUT2D eigenvalue weighted by molar-refractivity contribution is -0.384. The quantitative estimate of drug-likeness (QED) is 0.475. The van der Waals surface area contributed by atoms with Gasteiger partial charge in [-0.3, -0.25) is 14.9 Å². The molecule has 6 heteroatoms. The highest BCUT2D eigenvalue weighted by Crippen LogP contribution is 2.26. The number of hydrogen-bond donors (Lipinski definition) is 0. The van der Waals surface area contributed by atoms with Gasteiger partial charge >= 0.3 is 0 Å². The van der Waals surface area contributed by atoms with E-state index in [9.17, 15) is 14.9 Å². The van der Waals surface area contributed by atoms with Crippen LogP contribution >= 0.6 is 11.6 Å². The molecule has 0 saturated carbocycles. The standard InChI is InChI=1S/C15H19ClN2O3/c1-11-6-7-13(18(20)21)10-14(11)15(19)17-9-3-5-12(17)4-2-8-16/h6-7,10,12H,2-5,8-9H2,1H3. The van der Waals surface area contributed by atoms with Gasteiger partial charge in [-0.2, -0.15) is 0 Å². The molecule has 0 radical (unpaired) electrons. The molecule has 114 valence electrons. The molecule has 0 aromatic heterocycles. The van der Waals surface area contributed by atoms with Gasteiger partial charge in [0, 0.05) is 36.2 Å². The first-order valence-electron chi connectivity index (χ1n) is 7.16. The molecule has 1 aliphatic heterocycles. The molecule has 1 aromatic rings. The largest absolute Gasteiger partial charge is 0.336 e. The number of carbonyl (C=O) groups excluding carboxylic acids is 1. The van der Waals surface area contributed by atoms with Crippen molar-refractivity contribution in [3.63, 3.8) is 0 Å². The zero-order valence-electron chi connectivity index (χ0n) is 12.0. The SMILES string of the molecule is Cc1ccc([N+](=O)[O-])cc1C(=O)N1CCCC1CCCCl. The molecular weight excluding hydrogens is 292 g/mol. The van der Waals surface area contributed by atoms with Gasteiger partial charge in [-0.1, -0.05) is 6.07 Å². The number of nitro benzene ring substituents is 1. The number of likely N-dealkylation sites (tertiary alicyclic amines) is 1. The number of alkyl halides is 1. The number of benzene rings is 1.